The first kappa shape index (κ1) is 24.9. The number of hydrogen-bond acceptors (Lipinski definition) is 1. The molecule has 0 bridgehead atoms. The van der Waals surface area contributed by atoms with E-state index in [-0.39, 0.29) is 18.9 Å². The average Bonchev–Trinajstić information content (AvgIpc) is 2.35. The van der Waals surface area contributed by atoms with Gasteiger partial charge in [0.15, 0.2) is 0 Å². The van der Waals surface area contributed by atoms with Gasteiger partial charge in [-0.3, -0.25) is 0 Å². The molecular weight excluding hydrogens is 247 g/mol. The van der Waals surface area contributed by atoms with Gasteiger partial charge in [0.05, 0.1) is 0 Å². The van der Waals surface area contributed by atoms with Crippen LogP contribution in [0.5, 0.6) is 0 Å². The number of unbranched alkanes of at least 4 members (excludes halogenated alkanes) is 12. The largest absolute Gasteiger partial charge is 1.00 e. The molecule has 3 nitrogen and oxygen atoms in total. The van der Waals surface area contributed by atoms with E-state index >= 15 is 0 Å². The van der Waals surface area contributed by atoms with E-state index in [0.29, 0.717) is 0 Å². The van der Waals surface area contributed by atoms with E-state index in [1.54, 1.807) is 0 Å². The van der Waals surface area contributed by atoms with E-state index < -0.39 is 6.16 Å². The minimum absolute atomic E-state index is 0. The van der Waals surface area contributed by atoms with Gasteiger partial charge >= 0.3 is 25.0 Å². The summed E-state index contributed by atoms with van der Waals surface area (Å²) in [7, 11) is 0. The van der Waals surface area contributed by atoms with E-state index in [1.165, 1.54) is 77.0 Å². The summed E-state index contributed by atoms with van der Waals surface area (Å²) >= 11 is 0. The third kappa shape index (κ3) is 36.1. The van der Waals surface area contributed by atoms with Gasteiger partial charge in [-0.15, -0.1) is 0 Å². The molecule has 0 saturated carbocycles. The fraction of sp³-hybridized carbons (Fsp3) is 0.875. The van der Waals surface area contributed by atoms with E-state index in [4.69, 9.17) is 15.0 Å². The van der Waals surface area contributed by atoms with Crippen LogP contribution >= 0.6 is 0 Å². The first-order valence-corrected chi connectivity index (χ1v) is 7.86. The minimum Gasteiger partial charge on any atom is -0.450 e. The summed E-state index contributed by atoms with van der Waals surface area (Å²) in [4.78, 5) is 8.56. The maximum atomic E-state index is 8.56. The first-order valence-electron chi connectivity index (χ1n) is 7.86. The number of rotatable bonds is 12. The van der Waals surface area contributed by atoms with Gasteiger partial charge in [-0.25, -0.2) is 4.79 Å². The van der Waals surface area contributed by atoms with Gasteiger partial charge in [0.2, 0.25) is 0 Å². The van der Waals surface area contributed by atoms with Crippen molar-refractivity contribution in [2.24, 2.45) is 0 Å². The van der Waals surface area contributed by atoms with Crippen LogP contribution in [0.25, 0.3) is 0 Å². The van der Waals surface area contributed by atoms with E-state index in [2.05, 4.69) is 13.8 Å². The first-order chi connectivity index (χ1) is 9.15. The van der Waals surface area contributed by atoms with E-state index in [1.807, 2.05) is 0 Å². The van der Waals surface area contributed by atoms with Crippen molar-refractivity contribution < 1.29 is 33.9 Å². The molecule has 0 fully saturated rings. The molecule has 0 spiro atoms. The summed E-state index contributed by atoms with van der Waals surface area (Å²) in [5.41, 5.74) is 0. The molecule has 20 heavy (non-hydrogen) atoms. The third-order valence-corrected chi connectivity index (χ3v) is 3.10. The molecule has 0 amide bonds. The maximum Gasteiger partial charge on any atom is 1.00 e. The molecule has 0 atom stereocenters. The van der Waals surface area contributed by atoms with Gasteiger partial charge in [-0.2, -0.15) is 6.42 Å². The molecule has 0 aromatic rings. The van der Waals surface area contributed by atoms with Crippen molar-refractivity contribution in [3.63, 3.8) is 0 Å². The van der Waals surface area contributed by atoms with Crippen LogP contribution in [0.4, 0.5) is 4.79 Å². The second-order valence-electron chi connectivity index (χ2n) is 5.03. The minimum atomic E-state index is -1.83. The Bertz CT molecular complexity index is 159. The molecule has 0 aromatic carbocycles. The molecule has 0 aromatic heterocycles. The summed E-state index contributed by atoms with van der Waals surface area (Å²) in [6, 6.07) is 0. The van der Waals surface area contributed by atoms with Gasteiger partial charge in [0.25, 0.3) is 0 Å². The Kier molecular flexibility index (Phi) is 29.7. The molecule has 0 aliphatic heterocycles. The fourth-order valence-electron chi connectivity index (χ4n) is 2.02. The van der Waals surface area contributed by atoms with E-state index in [9.17, 15) is 0 Å². The molecule has 0 aliphatic carbocycles. The predicted octanol–water partition coefficient (Wildman–Crippen LogP) is 3.14. The Hall–Kier alpha value is -0.133. The predicted molar refractivity (Wildman–Crippen MR) is 81.7 cm³/mol. The van der Waals surface area contributed by atoms with Gasteiger partial charge in [0, 0.05) is 0 Å². The van der Waals surface area contributed by atoms with Crippen LogP contribution in [0.1, 0.15) is 90.4 Å². The molecule has 0 aliphatic rings. The molecule has 4 heteroatoms. The third-order valence-electron chi connectivity index (χ3n) is 3.10. The van der Waals surface area contributed by atoms with Gasteiger partial charge in [0.1, 0.15) is 0 Å². The topological polar surface area (TPSA) is 57.5 Å². The van der Waals surface area contributed by atoms with Gasteiger partial charge < -0.3 is 17.1 Å². The van der Waals surface area contributed by atoms with Crippen molar-refractivity contribution in [1.29, 1.82) is 0 Å². The molecule has 2 N–H and O–H groups in total. The Morgan fingerprint density at radius 2 is 1.00 bits per heavy atom. The SMILES string of the molecule is O=C(O)O.[CH2-]CCCCCCCCCCCCCC.[Li+]. The quantitative estimate of drug-likeness (QED) is 0.328. The van der Waals surface area contributed by atoms with Gasteiger partial charge in [-0.1, -0.05) is 84.0 Å². The summed E-state index contributed by atoms with van der Waals surface area (Å²) in [6.45, 7) is 6.15. The molecule has 0 radical (unpaired) electrons. The number of carboxylic acid groups (broad SMARTS) is 2. The van der Waals surface area contributed by atoms with Crippen LogP contribution in [0.3, 0.4) is 0 Å². The summed E-state index contributed by atoms with van der Waals surface area (Å²) < 4.78 is 0. The second kappa shape index (κ2) is 23.9. The van der Waals surface area contributed by atoms with Crippen molar-refractivity contribution in [2.45, 2.75) is 90.4 Å². The second-order valence-corrected chi connectivity index (χ2v) is 5.03. The van der Waals surface area contributed by atoms with Crippen LogP contribution in [0.2, 0.25) is 0 Å². The van der Waals surface area contributed by atoms with Crippen molar-refractivity contribution in [1.82, 2.24) is 0 Å². The van der Waals surface area contributed by atoms with Crippen LogP contribution < -0.4 is 18.9 Å². The zero-order valence-electron chi connectivity index (χ0n) is 13.7. The molecule has 0 unspecified atom stereocenters. The Labute approximate surface area is 137 Å². The summed E-state index contributed by atoms with van der Waals surface area (Å²) in [6.07, 6.45) is 16.5. The average molecular weight is 280 g/mol. The normalized spacial score (nSPS) is 9.30. The van der Waals surface area contributed by atoms with Crippen LogP contribution in [-0.2, 0) is 0 Å². The van der Waals surface area contributed by atoms with Crippen LogP contribution in [0, 0.1) is 6.92 Å². The van der Waals surface area contributed by atoms with Crippen LogP contribution in [-0.4, -0.2) is 16.4 Å². The number of carbonyl (C=O) groups is 1. The summed E-state index contributed by atoms with van der Waals surface area (Å²) in [5.74, 6) is 0. The standard InChI is InChI=1S/C15H31.CH2O3.Li/c1-3-5-7-9-11-13-15-14-12-10-8-6-4-2;2-1(3)4;/h1,3-15H2,2H3;(H2,2,3,4);/q-1;;+1. The Balaban J connectivity index is -0.000000508. The maximum absolute atomic E-state index is 8.56. The Morgan fingerprint density at radius 1 is 0.750 bits per heavy atom. The molecular formula is C16H33LiO3. The fourth-order valence-corrected chi connectivity index (χ4v) is 2.02. The molecule has 0 heterocycles. The smallest absolute Gasteiger partial charge is 0.450 e. The summed E-state index contributed by atoms with van der Waals surface area (Å²) in [5, 5.41) is 13.9. The molecule has 0 rings (SSSR count). The van der Waals surface area contributed by atoms with Crippen molar-refractivity contribution in [3.8, 4) is 0 Å². The van der Waals surface area contributed by atoms with E-state index in [0.717, 1.165) is 6.42 Å². The van der Waals surface area contributed by atoms with Crippen LogP contribution in [0.15, 0.2) is 0 Å². The van der Waals surface area contributed by atoms with Crippen molar-refractivity contribution >= 4 is 6.16 Å². The molecule has 116 valence electrons. The Morgan fingerprint density at radius 3 is 1.25 bits per heavy atom. The number of hydrogen-bond donors (Lipinski definition) is 2. The zero-order valence-corrected chi connectivity index (χ0v) is 13.7. The van der Waals surface area contributed by atoms with Crippen molar-refractivity contribution in [3.05, 3.63) is 6.92 Å². The zero-order chi connectivity index (χ0) is 14.8. The monoisotopic (exact) mass is 280 g/mol. The van der Waals surface area contributed by atoms with Gasteiger partial charge in [-0.05, 0) is 0 Å². The molecule has 0 saturated heterocycles. The van der Waals surface area contributed by atoms with Crippen molar-refractivity contribution in [2.75, 3.05) is 0 Å².